The van der Waals surface area contributed by atoms with E-state index < -0.39 is 0 Å². The predicted molar refractivity (Wildman–Crippen MR) is 101 cm³/mol. The number of amides is 2. The van der Waals surface area contributed by atoms with Gasteiger partial charge in [-0.1, -0.05) is 27.7 Å². The fourth-order valence-corrected chi connectivity index (χ4v) is 1.99. The molecule has 1 rings (SSSR count). The van der Waals surface area contributed by atoms with E-state index in [1.165, 1.54) is 0 Å². The van der Waals surface area contributed by atoms with Gasteiger partial charge in [0.2, 0.25) is 0 Å². The van der Waals surface area contributed by atoms with Crippen LogP contribution >= 0.6 is 12.4 Å². The number of benzene rings is 1. The topological polar surface area (TPSA) is 70.2 Å². The van der Waals surface area contributed by atoms with Crippen LogP contribution in [0.1, 0.15) is 55.3 Å². The molecule has 0 saturated carbocycles. The molecule has 0 bridgehead atoms. The molecule has 0 saturated heterocycles. The Balaban J connectivity index is 0.00000529. The summed E-state index contributed by atoms with van der Waals surface area (Å²) in [7, 11) is 0. The van der Waals surface area contributed by atoms with E-state index in [1.807, 2.05) is 13.8 Å². The third kappa shape index (κ3) is 8.31. The molecule has 0 aliphatic carbocycles. The molecule has 0 aromatic heterocycles. The predicted octanol–water partition coefficient (Wildman–Crippen LogP) is 2.61. The second-order valence-corrected chi connectivity index (χ2v) is 6.99. The third-order valence-corrected chi connectivity index (χ3v) is 3.31. The highest BCUT2D eigenvalue weighted by molar-refractivity contribution is 5.97. The maximum absolute atomic E-state index is 12.1. The van der Waals surface area contributed by atoms with Crippen molar-refractivity contribution in [1.82, 2.24) is 16.0 Å². The monoisotopic (exact) mass is 355 g/mol. The summed E-state index contributed by atoms with van der Waals surface area (Å²) < 4.78 is 0. The molecule has 1 atom stereocenters. The summed E-state index contributed by atoms with van der Waals surface area (Å²) in [6, 6.07) is 6.95. The van der Waals surface area contributed by atoms with Gasteiger partial charge in [0.05, 0.1) is 0 Å². The van der Waals surface area contributed by atoms with Gasteiger partial charge < -0.3 is 16.0 Å². The molecule has 2 amide bonds. The molecule has 5 nitrogen and oxygen atoms in total. The van der Waals surface area contributed by atoms with Gasteiger partial charge in [-0.25, -0.2) is 0 Å². The van der Waals surface area contributed by atoms with E-state index in [9.17, 15) is 9.59 Å². The molecule has 0 fully saturated rings. The lowest BCUT2D eigenvalue weighted by atomic mass is 9.97. The maximum atomic E-state index is 12.1. The summed E-state index contributed by atoms with van der Waals surface area (Å²) in [6.45, 7) is 12.3. The Hall–Kier alpha value is -1.59. The first-order chi connectivity index (χ1) is 10.7. The summed E-state index contributed by atoms with van der Waals surface area (Å²) in [5.41, 5.74) is 1.16. The van der Waals surface area contributed by atoms with Crippen molar-refractivity contribution in [3.8, 4) is 0 Å². The molecule has 0 aliphatic heterocycles. The second-order valence-electron chi connectivity index (χ2n) is 6.99. The molecule has 1 aromatic carbocycles. The zero-order valence-electron chi connectivity index (χ0n) is 15.2. The minimum absolute atomic E-state index is 0. The van der Waals surface area contributed by atoms with Gasteiger partial charge in [0.15, 0.2) is 0 Å². The van der Waals surface area contributed by atoms with Gasteiger partial charge in [-0.2, -0.15) is 0 Å². The number of hydrogen-bond acceptors (Lipinski definition) is 3. The van der Waals surface area contributed by atoms with E-state index in [0.717, 1.165) is 6.54 Å². The van der Waals surface area contributed by atoms with Crippen molar-refractivity contribution in [1.29, 1.82) is 0 Å². The van der Waals surface area contributed by atoms with Gasteiger partial charge in [-0.3, -0.25) is 9.59 Å². The van der Waals surface area contributed by atoms with Crippen molar-refractivity contribution in [2.24, 2.45) is 5.41 Å². The Morgan fingerprint density at radius 1 is 1.00 bits per heavy atom. The average molecular weight is 356 g/mol. The van der Waals surface area contributed by atoms with Gasteiger partial charge in [0.25, 0.3) is 11.8 Å². The van der Waals surface area contributed by atoms with Crippen LogP contribution in [0, 0.1) is 5.41 Å². The SMILES string of the molecule is CCN[C@H](C)CNC(=O)c1ccc(C(=O)NCC(C)(C)C)cc1.Cl. The lowest BCUT2D eigenvalue weighted by Gasteiger charge is -2.18. The van der Waals surface area contributed by atoms with Crippen LogP contribution in [-0.2, 0) is 0 Å². The Labute approximate surface area is 151 Å². The number of hydrogen-bond donors (Lipinski definition) is 3. The van der Waals surface area contributed by atoms with E-state index in [-0.39, 0.29) is 35.7 Å². The van der Waals surface area contributed by atoms with E-state index in [0.29, 0.717) is 24.2 Å². The van der Waals surface area contributed by atoms with Crippen LogP contribution in [0.15, 0.2) is 24.3 Å². The molecule has 3 N–H and O–H groups in total. The molecule has 0 aliphatic rings. The van der Waals surface area contributed by atoms with Crippen molar-refractivity contribution in [3.05, 3.63) is 35.4 Å². The van der Waals surface area contributed by atoms with Gasteiger partial charge in [0.1, 0.15) is 0 Å². The Kier molecular flexibility index (Phi) is 9.63. The van der Waals surface area contributed by atoms with Crippen molar-refractivity contribution in [2.45, 2.75) is 40.7 Å². The molecule has 6 heteroatoms. The average Bonchev–Trinajstić information content (AvgIpc) is 2.50. The Bertz CT molecular complexity index is 524. The number of halogens is 1. The number of carbonyl (C=O) groups is 2. The summed E-state index contributed by atoms with van der Waals surface area (Å²) in [6.07, 6.45) is 0. The normalized spacial score (nSPS) is 12.0. The first kappa shape index (κ1) is 22.4. The molecule has 24 heavy (non-hydrogen) atoms. The number of likely N-dealkylation sites (N-methyl/N-ethyl adjacent to an activating group) is 1. The van der Waals surface area contributed by atoms with E-state index in [2.05, 4.69) is 36.7 Å². The Morgan fingerprint density at radius 2 is 1.46 bits per heavy atom. The van der Waals surface area contributed by atoms with Crippen LogP contribution in [0.2, 0.25) is 0 Å². The first-order valence-electron chi connectivity index (χ1n) is 8.13. The van der Waals surface area contributed by atoms with Crippen LogP contribution in [0.3, 0.4) is 0 Å². The number of nitrogens with one attached hydrogen (secondary N) is 3. The van der Waals surface area contributed by atoms with Crippen LogP contribution in [-0.4, -0.2) is 37.5 Å². The van der Waals surface area contributed by atoms with E-state index in [1.54, 1.807) is 24.3 Å². The first-order valence-corrected chi connectivity index (χ1v) is 8.13. The molecule has 136 valence electrons. The lowest BCUT2D eigenvalue weighted by Crippen LogP contribution is -2.38. The van der Waals surface area contributed by atoms with Gasteiger partial charge in [-0.15, -0.1) is 12.4 Å². The number of rotatable bonds is 7. The highest BCUT2D eigenvalue weighted by Gasteiger charge is 2.14. The molecule has 0 heterocycles. The van der Waals surface area contributed by atoms with Crippen molar-refractivity contribution >= 4 is 24.2 Å². The summed E-state index contributed by atoms with van der Waals surface area (Å²) >= 11 is 0. The maximum Gasteiger partial charge on any atom is 0.251 e. The van der Waals surface area contributed by atoms with Crippen molar-refractivity contribution in [3.63, 3.8) is 0 Å². The van der Waals surface area contributed by atoms with Gasteiger partial charge >= 0.3 is 0 Å². The molecule has 0 unspecified atom stereocenters. The van der Waals surface area contributed by atoms with Gasteiger partial charge in [0, 0.05) is 30.3 Å². The second kappa shape index (κ2) is 10.3. The van der Waals surface area contributed by atoms with Crippen molar-refractivity contribution < 1.29 is 9.59 Å². The summed E-state index contributed by atoms with van der Waals surface area (Å²) in [5.74, 6) is -0.246. The minimum Gasteiger partial charge on any atom is -0.352 e. The quantitative estimate of drug-likeness (QED) is 0.704. The third-order valence-electron chi connectivity index (χ3n) is 3.31. The molecule has 0 spiro atoms. The van der Waals surface area contributed by atoms with Crippen LogP contribution in [0.5, 0.6) is 0 Å². The zero-order valence-corrected chi connectivity index (χ0v) is 16.0. The lowest BCUT2D eigenvalue weighted by molar-refractivity contribution is 0.0932. The Morgan fingerprint density at radius 3 is 1.88 bits per heavy atom. The minimum atomic E-state index is -0.128. The molecular weight excluding hydrogens is 326 g/mol. The van der Waals surface area contributed by atoms with Crippen LogP contribution < -0.4 is 16.0 Å². The molecule has 1 aromatic rings. The fourth-order valence-electron chi connectivity index (χ4n) is 1.99. The highest BCUT2D eigenvalue weighted by Crippen LogP contribution is 2.11. The fraction of sp³-hybridized carbons (Fsp3) is 0.556. The smallest absolute Gasteiger partial charge is 0.251 e. The van der Waals surface area contributed by atoms with E-state index >= 15 is 0 Å². The largest absolute Gasteiger partial charge is 0.352 e. The van der Waals surface area contributed by atoms with Crippen LogP contribution in [0.4, 0.5) is 0 Å². The molecular formula is C18H30ClN3O2. The molecule has 0 radical (unpaired) electrons. The van der Waals surface area contributed by atoms with E-state index in [4.69, 9.17) is 0 Å². The highest BCUT2D eigenvalue weighted by atomic mass is 35.5. The summed E-state index contributed by atoms with van der Waals surface area (Å²) in [4.78, 5) is 24.1. The van der Waals surface area contributed by atoms with Gasteiger partial charge in [-0.05, 0) is 43.1 Å². The van der Waals surface area contributed by atoms with Crippen LogP contribution in [0.25, 0.3) is 0 Å². The summed E-state index contributed by atoms with van der Waals surface area (Å²) in [5, 5.41) is 9.00. The number of carbonyl (C=O) groups excluding carboxylic acids is 2. The van der Waals surface area contributed by atoms with Crippen molar-refractivity contribution in [2.75, 3.05) is 19.6 Å². The zero-order chi connectivity index (χ0) is 17.5. The standard InChI is InChI=1S/C18H29N3O2.ClH/c1-6-19-13(2)11-20-16(22)14-7-9-15(10-8-14)17(23)21-12-18(3,4)5;/h7-10,13,19H,6,11-12H2,1-5H3,(H,20,22)(H,21,23);1H/t13-;/m1./s1.